The van der Waals surface area contributed by atoms with Crippen LogP contribution in [0.15, 0.2) is 0 Å². The van der Waals surface area contributed by atoms with E-state index in [4.69, 9.17) is 14.2 Å². The molecule has 0 rings (SSSR count). The molecule has 0 heterocycles. The van der Waals surface area contributed by atoms with Crippen LogP contribution < -0.4 is 0 Å². The number of rotatable bonds is 23. The maximum Gasteiger partial charge on any atom is 0.305 e. The molecule has 0 aliphatic heterocycles. The Labute approximate surface area is 205 Å². The summed E-state index contributed by atoms with van der Waals surface area (Å²) in [5.74, 6) is -0.702. The number of ether oxygens (including phenoxy) is 3. The van der Waals surface area contributed by atoms with Gasteiger partial charge in [-0.15, -0.1) is 0 Å². The lowest BCUT2D eigenvalue weighted by Crippen LogP contribution is -2.18. The predicted octanol–water partition coefficient (Wildman–Crippen LogP) is 4.62. The molecule has 0 aliphatic carbocycles. The molecule has 34 heavy (non-hydrogen) atoms. The van der Waals surface area contributed by atoms with E-state index in [0.717, 1.165) is 70.6 Å². The molecule has 8 heteroatoms. The van der Waals surface area contributed by atoms with Crippen molar-refractivity contribution in [3.63, 3.8) is 0 Å². The van der Waals surface area contributed by atoms with E-state index in [1.165, 1.54) is 0 Å². The van der Waals surface area contributed by atoms with E-state index in [0.29, 0.717) is 38.7 Å². The maximum atomic E-state index is 11.8. The second-order valence-corrected chi connectivity index (χ2v) is 8.82. The van der Waals surface area contributed by atoms with Crippen LogP contribution in [-0.2, 0) is 28.6 Å². The molecule has 0 radical (unpaired) electrons. The molecule has 0 saturated heterocycles. The lowest BCUT2D eigenvalue weighted by molar-refractivity contribution is -0.147. The summed E-state index contributed by atoms with van der Waals surface area (Å²) in [5.41, 5.74) is 0. The van der Waals surface area contributed by atoms with Gasteiger partial charge in [0.25, 0.3) is 0 Å². The second-order valence-electron chi connectivity index (χ2n) is 8.82. The van der Waals surface area contributed by atoms with Gasteiger partial charge in [-0.3, -0.25) is 14.4 Å². The normalized spacial score (nSPS) is 12.7. The van der Waals surface area contributed by atoms with Crippen molar-refractivity contribution in [3.05, 3.63) is 0 Å². The Morgan fingerprint density at radius 3 is 1.44 bits per heavy atom. The summed E-state index contributed by atoms with van der Waals surface area (Å²) >= 11 is 0. The Morgan fingerprint density at radius 1 is 0.559 bits per heavy atom. The molecular formula is C26H48O8. The van der Waals surface area contributed by atoms with Gasteiger partial charge in [0.15, 0.2) is 0 Å². The fourth-order valence-corrected chi connectivity index (χ4v) is 3.38. The molecule has 200 valence electrons. The SMILES string of the molecule is CCC(=O)OCC(O)CCCCCCCCOC(=O)CCCCCCCC(O)COC(=O)CC. The molecule has 0 bridgehead atoms. The molecule has 2 atom stereocenters. The molecule has 0 aromatic rings. The maximum absolute atomic E-state index is 11.8. The molecule has 0 saturated carbocycles. The zero-order chi connectivity index (χ0) is 25.4. The minimum atomic E-state index is -0.596. The molecule has 0 fully saturated rings. The van der Waals surface area contributed by atoms with Crippen LogP contribution in [0.1, 0.15) is 117 Å². The summed E-state index contributed by atoms with van der Waals surface area (Å²) in [5, 5.41) is 19.5. The second kappa shape index (κ2) is 23.1. The number of unbranched alkanes of at least 4 members (excludes halogenated alkanes) is 9. The quantitative estimate of drug-likeness (QED) is 0.121. The number of hydrogen-bond donors (Lipinski definition) is 2. The first kappa shape index (κ1) is 32.3. The molecule has 0 aromatic heterocycles. The minimum Gasteiger partial charge on any atom is -0.466 e. The average molecular weight is 489 g/mol. The molecular weight excluding hydrogens is 440 g/mol. The summed E-state index contributed by atoms with van der Waals surface area (Å²) in [7, 11) is 0. The third kappa shape index (κ3) is 22.1. The van der Waals surface area contributed by atoms with E-state index < -0.39 is 12.2 Å². The van der Waals surface area contributed by atoms with Crippen LogP contribution in [0.5, 0.6) is 0 Å². The van der Waals surface area contributed by atoms with E-state index in [1.54, 1.807) is 13.8 Å². The van der Waals surface area contributed by atoms with Crippen molar-refractivity contribution in [1.29, 1.82) is 0 Å². The topological polar surface area (TPSA) is 119 Å². The van der Waals surface area contributed by atoms with Crippen molar-refractivity contribution in [2.75, 3.05) is 19.8 Å². The molecule has 0 spiro atoms. The monoisotopic (exact) mass is 488 g/mol. The zero-order valence-corrected chi connectivity index (χ0v) is 21.4. The van der Waals surface area contributed by atoms with E-state index in [9.17, 15) is 24.6 Å². The first-order valence-corrected chi connectivity index (χ1v) is 13.2. The van der Waals surface area contributed by atoms with Crippen molar-refractivity contribution >= 4 is 17.9 Å². The van der Waals surface area contributed by atoms with Crippen LogP contribution in [-0.4, -0.2) is 60.1 Å². The molecule has 0 amide bonds. The number of carbonyl (C=O) groups is 3. The zero-order valence-electron chi connectivity index (χ0n) is 21.4. The van der Waals surface area contributed by atoms with Gasteiger partial charge in [-0.1, -0.05) is 71.6 Å². The van der Waals surface area contributed by atoms with Crippen LogP contribution in [0, 0.1) is 0 Å². The summed E-state index contributed by atoms with van der Waals surface area (Å²) in [6, 6.07) is 0. The molecule has 2 N–H and O–H groups in total. The van der Waals surface area contributed by atoms with Gasteiger partial charge < -0.3 is 24.4 Å². The van der Waals surface area contributed by atoms with Crippen LogP contribution in [0.4, 0.5) is 0 Å². The van der Waals surface area contributed by atoms with E-state index in [2.05, 4.69) is 0 Å². The highest BCUT2D eigenvalue weighted by molar-refractivity contribution is 5.69. The average Bonchev–Trinajstić information content (AvgIpc) is 2.83. The Balaban J connectivity index is 3.37. The lowest BCUT2D eigenvalue weighted by atomic mass is 10.1. The fourth-order valence-electron chi connectivity index (χ4n) is 3.38. The highest BCUT2D eigenvalue weighted by Crippen LogP contribution is 2.11. The Bertz CT molecular complexity index is 523. The van der Waals surface area contributed by atoms with E-state index in [-0.39, 0.29) is 31.1 Å². The predicted molar refractivity (Wildman–Crippen MR) is 130 cm³/mol. The lowest BCUT2D eigenvalue weighted by Gasteiger charge is -2.10. The van der Waals surface area contributed by atoms with E-state index in [1.807, 2.05) is 0 Å². The van der Waals surface area contributed by atoms with Crippen LogP contribution in [0.2, 0.25) is 0 Å². The van der Waals surface area contributed by atoms with Crippen molar-refractivity contribution in [2.45, 2.75) is 129 Å². The molecule has 0 aromatic carbocycles. The van der Waals surface area contributed by atoms with Gasteiger partial charge >= 0.3 is 17.9 Å². The molecule has 8 nitrogen and oxygen atoms in total. The number of aliphatic hydroxyl groups is 2. The summed E-state index contributed by atoms with van der Waals surface area (Å²) < 4.78 is 15.1. The van der Waals surface area contributed by atoms with Gasteiger partial charge in [-0.2, -0.15) is 0 Å². The minimum absolute atomic E-state index is 0.0712. The van der Waals surface area contributed by atoms with Crippen molar-refractivity contribution < 1.29 is 38.8 Å². The number of aliphatic hydroxyl groups excluding tert-OH is 2. The van der Waals surface area contributed by atoms with Crippen LogP contribution in [0.3, 0.4) is 0 Å². The highest BCUT2D eigenvalue weighted by Gasteiger charge is 2.08. The van der Waals surface area contributed by atoms with Gasteiger partial charge in [0.2, 0.25) is 0 Å². The standard InChI is InChI=1S/C26H48O8/c1-3-24(29)33-20-22(27)16-12-8-5-6-11-15-19-32-26(31)18-14-10-7-9-13-17-23(28)21-34-25(30)4-2/h22-23,27-28H,3-21H2,1-2H3. The number of carbonyl (C=O) groups excluding carboxylic acids is 3. The Kier molecular flexibility index (Phi) is 22.0. The van der Waals surface area contributed by atoms with Crippen molar-refractivity contribution in [1.82, 2.24) is 0 Å². The summed E-state index contributed by atoms with van der Waals surface area (Å²) in [4.78, 5) is 33.8. The van der Waals surface area contributed by atoms with Crippen molar-refractivity contribution in [3.8, 4) is 0 Å². The fraction of sp³-hybridized carbons (Fsp3) is 0.885. The van der Waals surface area contributed by atoms with Gasteiger partial charge in [0.05, 0.1) is 18.8 Å². The first-order valence-electron chi connectivity index (χ1n) is 13.2. The third-order valence-electron chi connectivity index (χ3n) is 5.56. The van der Waals surface area contributed by atoms with Gasteiger partial charge in [-0.25, -0.2) is 0 Å². The van der Waals surface area contributed by atoms with Gasteiger partial charge in [0.1, 0.15) is 13.2 Å². The molecule has 0 aliphatic rings. The Morgan fingerprint density at radius 2 is 0.971 bits per heavy atom. The van der Waals surface area contributed by atoms with Crippen LogP contribution >= 0.6 is 0 Å². The number of hydrogen-bond acceptors (Lipinski definition) is 8. The third-order valence-corrected chi connectivity index (χ3v) is 5.56. The largest absolute Gasteiger partial charge is 0.466 e. The van der Waals surface area contributed by atoms with Gasteiger partial charge in [-0.05, 0) is 25.7 Å². The van der Waals surface area contributed by atoms with Crippen LogP contribution in [0.25, 0.3) is 0 Å². The molecule has 2 unspecified atom stereocenters. The summed E-state index contributed by atoms with van der Waals surface area (Å²) in [6.07, 6.45) is 11.8. The van der Waals surface area contributed by atoms with Crippen molar-refractivity contribution in [2.24, 2.45) is 0 Å². The highest BCUT2D eigenvalue weighted by atomic mass is 16.5. The van der Waals surface area contributed by atoms with E-state index >= 15 is 0 Å². The first-order chi connectivity index (χ1) is 16.4. The summed E-state index contributed by atoms with van der Waals surface area (Å²) in [6.45, 7) is 4.08. The smallest absolute Gasteiger partial charge is 0.305 e. The Hall–Kier alpha value is -1.67. The number of esters is 3. The van der Waals surface area contributed by atoms with Gasteiger partial charge in [0, 0.05) is 19.3 Å².